The topological polar surface area (TPSA) is 81.3 Å². The average Bonchev–Trinajstić information content (AvgIpc) is 1.86. The fraction of sp³-hybridized carbons (Fsp3) is 0. The summed E-state index contributed by atoms with van der Waals surface area (Å²) in [5, 5.41) is 10.5. The van der Waals surface area contributed by atoms with Crippen molar-refractivity contribution in [2.75, 3.05) is 0 Å². The van der Waals surface area contributed by atoms with Crippen LogP contribution in [0.2, 0.25) is 0 Å². The highest BCUT2D eigenvalue weighted by Crippen LogP contribution is 2.02. The summed E-state index contributed by atoms with van der Waals surface area (Å²) in [6.45, 7) is 0. The molecule has 5 nitrogen and oxygen atoms in total. The first kappa shape index (κ1) is 7.96. The van der Waals surface area contributed by atoms with E-state index < -0.39 is 15.0 Å². The maximum absolute atomic E-state index is 10.5. The van der Waals surface area contributed by atoms with E-state index in [1.54, 1.807) is 0 Å². The molecule has 0 aliphatic carbocycles. The van der Waals surface area contributed by atoms with Crippen LogP contribution in [0.3, 0.4) is 0 Å². The van der Waals surface area contributed by atoms with Crippen molar-refractivity contribution in [1.82, 2.24) is 0 Å². The molecule has 0 saturated carbocycles. The Hall–Kier alpha value is -1.14. The first-order chi connectivity index (χ1) is 5.00. The Kier molecular flexibility index (Phi) is 1.79. The Morgan fingerprint density at radius 1 is 1.55 bits per heavy atom. The molecule has 0 aliphatic rings. The lowest BCUT2D eigenvalue weighted by Crippen LogP contribution is -2.25. The molecule has 1 aromatic heterocycles. The van der Waals surface area contributed by atoms with Crippen LogP contribution in [0, 0.1) is 5.21 Å². The van der Waals surface area contributed by atoms with Crippen LogP contribution in [0.4, 0.5) is 0 Å². The number of pyridine rings is 1. The van der Waals surface area contributed by atoms with Gasteiger partial charge in [-0.05, 0) is 6.07 Å². The number of rotatable bonds is 1. The molecule has 0 amide bonds. The maximum atomic E-state index is 10.5. The van der Waals surface area contributed by atoms with Gasteiger partial charge in [-0.15, -0.1) is 0 Å². The molecule has 0 spiro atoms. The lowest BCUT2D eigenvalue weighted by atomic mass is 10.5. The predicted molar refractivity (Wildman–Crippen MR) is 35.2 cm³/mol. The second kappa shape index (κ2) is 2.48. The third kappa shape index (κ3) is 1.89. The van der Waals surface area contributed by atoms with Gasteiger partial charge in [0.15, 0.2) is 11.1 Å². The smallest absolute Gasteiger partial charge is 0.300 e. The fourth-order valence-electron chi connectivity index (χ4n) is 0.587. The van der Waals surface area contributed by atoms with Gasteiger partial charge >= 0.3 is 10.1 Å². The van der Waals surface area contributed by atoms with E-state index in [0.717, 1.165) is 18.5 Å². The van der Waals surface area contributed by atoms with Gasteiger partial charge in [-0.2, -0.15) is 13.1 Å². The lowest BCUT2D eigenvalue weighted by molar-refractivity contribution is -0.607. The molecule has 0 bridgehead atoms. The molecule has 1 rings (SSSR count). The molecule has 0 unspecified atom stereocenters. The van der Waals surface area contributed by atoms with E-state index in [2.05, 4.69) is 0 Å². The van der Waals surface area contributed by atoms with Crippen molar-refractivity contribution in [3.8, 4) is 0 Å². The Balaban J connectivity index is 3.28. The number of hydrogen-bond acceptors (Lipinski definition) is 3. The van der Waals surface area contributed by atoms with Crippen molar-refractivity contribution in [1.29, 1.82) is 0 Å². The molecule has 1 N–H and O–H groups in total. The molecule has 1 heterocycles. The first-order valence-corrected chi connectivity index (χ1v) is 4.10. The van der Waals surface area contributed by atoms with Crippen LogP contribution in [-0.2, 0) is 10.1 Å². The zero-order chi connectivity index (χ0) is 8.48. The minimum Gasteiger partial charge on any atom is -0.619 e. The van der Waals surface area contributed by atoms with Crippen molar-refractivity contribution < 1.29 is 17.7 Å². The summed E-state index contributed by atoms with van der Waals surface area (Å²) in [5.41, 5.74) is 0. The van der Waals surface area contributed by atoms with Crippen LogP contribution in [0.15, 0.2) is 29.4 Å². The third-order valence-corrected chi connectivity index (χ3v) is 1.88. The number of aromatic nitrogens is 1. The van der Waals surface area contributed by atoms with Crippen LogP contribution < -0.4 is 4.73 Å². The quantitative estimate of drug-likeness (QED) is 0.356. The van der Waals surface area contributed by atoms with E-state index in [1.807, 2.05) is 0 Å². The van der Waals surface area contributed by atoms with Crippen LogP contribution in [0.1, 0.15) is 0 Å². The number of nitrogens with zero attached hydrogens (tertiary/aromatic N) is 1. The van der Waals surface area contributed by atoms with Gasteiger partial charge in [-0.3, -0.25) is 4.55 Å². The molecule has 11 heavy (non-hydrogen) atoms. The molecule has 0 fully saturated rings. The first-order valence-electron chi connectivity index (χ1n) is 2.66. The second-order valence-electron chi connectivity index (χ2n) is 1.87. The van der Waals surface area contributed by atoms with E-state index >= 15 is 0 Å². The molecule has 1 aromatic rings. The summed E-state index contributed by atoms with van der Waals surface area (Å²) in [6, 6.07) is 2.36. The summed E-state index contributed by atoms with van der Waals surface area (Å²) < 4.78 is 29.5. The van der Waals surface area contributed by atoms with E-state index in [0.29, 0.717) is 4.73 Å². The Labute approximate surface area is 63.2 Å². The van der Waals surface area contributed by atoms with Crippen molar-refractivity contribution >= 4 is 10.1 Å². The SMILES string of the molecule is O=S(=O)(O)c1ccc[n+]([O-])c1. The average molecular weight is 175 g/mol. The van der Waals surface area contributed by atoms with Crippen LogP contribution in [-0.4, -0.2) is 13.0 Å². The minimum absolute atomic E-state index is 0.295. The molecule has 0 atom stereocenters. The predicted octanol–water partition coefficient (Wildman–Crippen LogP) is -0.433. The van der Waals surface area contributed by atoms with E-state index in [-0.39, 0.29) is 0 Å². The fourth-order valence-corrected chi connectivity index (χ4v) is 1.07. The van der Waals surface area contributed by atoms with E-state index in [9.17, 15) is 13.6 Å². The number of hydrogen-bond donors (Lipinski definition) is 1. The van der Waals surface area contributed by atoms with Crippen molar-refractivity contribution in [2.45, 2.75) is 4.90 Å². The summed E-state index contributed by atoms with van der Waals surface area (Å²) >= 11 is 0. The minimum atomic E-state index is -4.25. The highest BCUT2D eigenvalue weighted by atomic mass is 32.2. The zero-order valence-corrected chi connectivity index (χ0v) is 6.15. The maximum Gasteiger partial charge on any atom is 0.300 e. The van der Waals surface area contributed by atoms with Gasteiger partial charge in [0.2, 0.25) is 6.20 Å². The molecule has 0 aromatic carbocycles. The molecule has 0 radical (unpaired) electrons. The molecule has 6 heteroatoms. The van der Waals surface area contributed by atoms with Crippen LogP contribution in [0.5, 0.6) is 0 Å². The highest BCUT2D eigenvalue weighted by Gasteiger charge is 2.11. The Bertz CT molecular complexity index is 359. The third-order valence-electron chi connectivity index (χ3n) is 1.05. The van der Waals surface area contributed by atoms with Gasteiger partial charge in [0.05, 0.1) is 0 Å². The van der Waals surface area contributed by atoms with Gasteiger partial charge in [0.1, 0.15) is 0 Å². The summed E-state index contributed by atoms with van der Waals surface area (Å²) in [7, 11) is -4.25. The van der Waals surface area contributed by atoms with E-state index in [1.165, 1.54) is 6.07 Å². The summed E-state index contributed by atoms with van der Waals surface area (Å²) in [5.74, 6) is 0. The molecule has 0 saturated heterocycles. The Morgan fingerprint density at radius 3 is 2.55 bits per heavy atom. The van der Waals surface area contributed by atoms with Crippen molar-refractivity contribution in [3.05, 3.63) is 29.7 Å². The van der Waals surface area contributed by atoms with Gasteiger partial charge < -0.3 is 5.21 Å². The molecular weight excluding hydrogens is 170 g/mol. The largest absolute Gasteiger partial charge is 0.619 e. The molecule has 0 aliphatic heterocycles. The monoisotopic (exact) mass is 175 g/mol. The highest BCUT2D eigenvalue weighted by molar-refractivity contribution is 7.85. The van der Waals surface area contributed by atoms with Gasteiger partial charge in [0, 0.05) is 6.07 Å². The summed E-state index contributed by atoms with van der Waals surface area (Å²) in [4.78, 5) is -0.407. The normalized spacial score (nSPS) is 11.4. The second-order valence-corrected chi connectivity index (χ2v) is 3.30. The van der Waals surface area contributed by atoms with E-state index in [4.69, 9.17) is 4.55 Å². The molecular formula is C5H5NO4S. The Morgan fingerprint density at radius 2 is 2.18 bits per heavy atom. The zero-order valence-electron chi connectivity index (χ0n) is 5.34. The molecule has 60 valence electrons. The standard InChI is InChI=1S/C5H5NO4S/c7-6-3-1-2-5(4-6)11(8,9)10/h1-4H,(H,8,9,10). The lowest BCUT2D eigenvalue weighted by Gasteiger charge is -1.96. The van der Waals surface area contributed by atoms with Crippen molar-refractivity contribution in [3.63, 3.8) is 0 Å². The van der Waals surface area contributed by atoms with Gasteiger partial charge in [0.25, 0.3) is 0 Å². The van der Waals surface area contributed by atoms with Crippen LogP contribution in [0.25, 0.3) is 0 Å². The van der Waals surface area contributed by atoms with Gasteiger partial charge in [-0.25, -0.2) is 0 Å². The van der Waals surface area contributed by atoms with Gasteiger partial charge in [-0.1, -0.05) is 0 Å². The van der Waals surface area contributed by atoms with Crippen LogP contribution >= 0.6 is 0 Å². The summed E-state index contributed by atoms with van der Waals surface area (Å²) in [6.07, 6.45) is 1.89. The van der Waals surface area contributed by atoms with Crippen molar-refractivity contribution in [2.24, 2.45) is 0 Å².